The van der Waals surface area contributed by atoms with Gasteiger partial charge in [-0.1, -0.05) is 65.7 Å². The van der Waals surface area contributed by atoms with E-state index in [2.05, 4.69) is 5.32 Å². The lowest BCUT2D eigenvalue weighted by Gasteiger charge is -2.28. The van der Waals surface area contributed by atoms with Crippen LogP contribution in [0.2, 0.25) is 10.0 Å². The first-order valence-electron chi connectivity index (χ1n) is 10.2. The lowest BCUT2D eigenvalue weighted by Crippen LogP contribution is -2.48. The van der Waals surface area contributed by atoms with E-state index in [-0.39, 0.29) is 25.0 Å². The molecule has 1 atom stereocenters. The molecule has 0 aliphatic rings. The quantitative estimate of drug-likeness (QED) is 0.472. The monoisotopic (exact) mass is 470 g/mol. The number of hydrogen-bond donors (Lipinski definition) is 1. The molecule has 0 radical (unpaired) electrons. The number of hydrogen-bond acceptors (Lipinski definition) is 3. The largest absolute Gasteiger partial charge is 0.484 e. The molecule has 1 N–H and O–H groups in total. The van der Waals surface area contributed by atoms with E-state index in [0.717, 1.165) is 11.1 Å². The van der Waals surface area contributed by atoms with Crippen molar-refractivity contribution in [1.82, 2.24) is 10.2 Å². The molecule has 7 heteroatoms. The fourth-order valence-electron chi connectivity index (χ4n) is 3.05. The minimum absolute atomic E-state index is 0.174. The van der Waals surface area contributed by atoms with Crippen LogP contribution in [0.25, 0.3) is 0 Å². The van der Waals surface area contributed by atoms with E-state index >= 15 is 0 Å². The van der Waals surface area contributed by atoms with Crippen LogP contribution >= 0.6 is 23.2 Å². The normalized spacial score (nSPS) is 11.5. The van der Waals surface area contributed by atoms with Crippen LogP contribution in [0.4, 0.5) is 0 Å². The Kier molecular flexibility index (Phi) is 8.54. The van der Waals surface area contributed by atoms with Crippen LogP contribution in [0.15, 0.2) is 78.9 Å². The Labute approximate surface area is 197 Å². The molecule has 0 heterocycles. The Morgan fingerprint density at radius 1 is 0.875 bits per heavy atom. The molecule has 5 nitrogen and oxygen atoms in total. The van der Waals surface area contributed by atoms with E-state index in [9.17, 15) is 9.59 Å². The van der Waals surface area contributed by atoms with Crippen molar-refractivity contribution < 1.29 is 14.3 Å². The first-order valence-corrected chi connectivity index (χ1v) is 10.9. The van der Waals surface area contributed by atoms with Gasteiger partial charge in [0.2, 0.25) is 5.91 Å². The van der Waals surface area contributed by atoms with Gasteiger partial charge in [-0.05, 0) is 54.4 Å². The van der Waals surface area contributed by atoms with Crippen molar-refractivity contribution in [3.05, 3.63) is 100 Å². The zero-order chi connectivity index (χ0) is 22.9. The van der Waals surface area contributed by atoms with Crippen molar-refractivity contribution in [3.8, 4) is 5.75 Å². The van der Waals surface area contributed by atoms with Crippen LogP contribution in [0.1, 0.15) is 18.1 Å². The Hall–Kier alpha value is -3.02. The second kappa shape index (κ2) is 11.6. The maximum atomic E-state index is 13.0. The van der Waals surface area contributed by atoms with Crippen LogP contribution < -0.4 is 10.1 Å². The van der Waals surface area contributed by atoms with Crippen molar-refractivity contribution in [2.45, 2.75) is 26.1 Å². The molecule has 3 aromatic carbocycles. The highest BCUT2D eigenvalue weighted by atomic mass is 35.5. The fraction of sp³-hybridized carbons (Fsp3) is 0.200. The molecule has 2 amide bonds. The lowest BCUT2D eigenvalue weighted by molar-refractivity contribution is -0.142. The first kappa shape index (κ1) is 23.6. The minimum Gasteiger partial charge on any atom is -0.484 e. The van der Waals surface area contributed by atoms with E-state index in [1.54, 1.807) is 43.3 Å². The van der Waals surface area contributed by atoms with Gasteiger partial charge in [0.15, 0.2) is 6.61 Å². The average Bonchev–Trinajstić information content (AvgIpc) is 2.82. The smallest absolute Gasteiger partial charge is 0.261 e. The molecule has 0 aromatic heterocycles. The van der Waals surface area contributed by atoms with Gasteiger partial charge in [-0.25, -0.2) is 0 Å². The molecule has 0 bridgehead atoms. The topological polar surface area (TPSA) is 58.6 Å². The third-order valence-corrected chi connectivity index (χ3v) is 5.42. The Balaban J connectivity index is 1.68. The maximum absolute atomic E-state index is 13.0. The molecule has 0 aliphatic carbocycles. The summed E-state index contributed by atoms with van der Waals surface area (Å²) in [7, 11) is 0. The fourth-order valence-corrected chi connectivity index (χ4v) is 3.30. The summed E-state index contributed by atoms with van der Waals surface area (Å²) >= 11 is 11.9. The van der Waals surface area contributed by atoms with Crippen molar-refractivity contribution in [2.75, 3.05) is 6.61 Å². The number of amides is 2. The average molecular weight is 471 g/mol. The van der Waals surface area contributed by atoms with Gasteiger partial charge >= 0.3 is 0 Å². The number of carbonyl (C=O) groups is 2. The molecule has 3 aromatic rings. The van der Waals surface area contributed by atoms with Crippen molar-refractivity contribution in [2.24, 2.45) is 0 Å². The van der Waals surface area contributed by atoms with Crippen molar-refractivity contribution in [1.29, 1.82) is 0 Å². The predicted octanol–water partition coefficient (Wildman–Crippen LogP) is 5.11. The van der Waals surface area contributed by atoms with Gasteiger partial charge in [0.05, 0.1) is 0 Å². The molecule has 3 rings (SSSR count). The molecule has 0 unspecified atom stereocenters. The first-order chi connectivity index (χ1) is 15.4. The highest BCUT2D eigenvalue weighted by Crippen LogP contribution is 2.15. The summed E-state index contributed by atoms with van der Waals surface area (Å²) in [5, 5.41) is 4.12. The van der Waals surface area contributed by atoms with Gasteiger partial charge in [0.25, 0.3) is 5.91 Å². The van der Waals surface area contributed by atoms with Crippen molar-refractivity contribution >= 4 is 35.0 Å². The summed E-state index contributed by atoms with van der Waals surface area (Å²) in [4.78, 5) is 27.4. The number of nitrogens with one attached hydrogen (secondary N) is 1. The number of nitrogens with zero attached hydrogens (tertiary/aromatic N) is 1. The molecule has 166 valence electrons. The van der Waals surface area contributed by atoms with Crippen LogP contribution in [0.3, 0.4) is 0 Å². The molecular weight excluding hydrogens is 447 g/mol. The van der Waals surface area contributed by atoms with Crippen molar-refractivity contribution in [3.63, 3.8) is 0 Å². The number of ether oxygens (including phenoxy) is 1. The second-order valence-electron chi connectivity index (χ2n) is 7.27. The third kappa shape index (κ3) is 7.01. The second-order valence-corrected chi connectivity index (χ2v) is 8.14. The van der Waals surface area contributed by atoms with Gasteiger partial charge in [0, 0.05) is 23.1 Å². The molecule has 0 fully saturated rings. The Bertz CT molecular complexity index is 1030. The number of halogens is 2. The number of benzene rings is 3. The summed E-state index contributed by atoms with van der Waals surface area (Å²) < 4.78 is 5.62. The van der Waals surface area contributed by atoms with Gasteiger partial charge in [-0.3, -0.25) is 9.59 Å². The molecule has 0 aliphatic heterocycles. The summed E-state index contributed by atoms with van der Waals surface area (Å²) in [5.41, 5.74) is 1.78. The van der Waals surface area contributed by atoms with Gasteiger partial charge in [0.1, 0.15) is 11.8 Å². The zero-order valence-electron chi connectivity index (χ0n) is 17.6. The van der Waals surface area contributed by atoms with E-state index in [1.165, 1.54) is 4.90 Å². The summed E-state index contributed by atoms with van der Waals surface area (Å²) in [6, 6.07) is 22.8. The molecular formula is C25H24Cl2N2O3. The van der Waals surface area contributed by atoms with E-state index in [4.69, 9.17) is 27.9 Å². The molecule has 0 spiro atoms. The predicted molar refractivity (Wildman–Crippen MR) is 127 cm³/mol. The molecule has 0 saturated heterocycles. The maximum Gasteiger partial charge on any atom is 0.261 e. The summed E-state index contributed by atoms with van der Waals surface area (Å²) in [6.45, 7) is 2.12. The van der Waals surface area contributed by atoms with Crippen LogP contribution in [-0.4, -0.2) is 29.4 Å². The highest BCUT2D eigenvalue weighted by molar-refractivity contribution is 6.30. The number of rotatable bonds is 9. The van der Waals surface area contributed by atoms with E-state index in [1.807, 2.05) is 42.5 Å². The minimum atomic E-state index is -0.704. The Morgan fingerprint density at radius 2 is 1.44 bits per heavy atom. The highest BCUT2D eigenvalue weighted by Gasteiger charge is 2.26. The van der Waals surface area contributed by atoms with Gasteiger partial charge in [-0.15, -0.1) is 0 Å². The van der Waals surface area contributed by atoms with E-state index < -0.39 is 6.04 Å². The van der Waals surface area contributed by atoms with Crippen LogP contribution in [0.5, 0.6) is 5.75 Å². The SMILES string of the molecule is C[C@H](C(=O)NCc1ccc(Cl)cc1)N(Cc1ccc(Cl)cc1)C(=O)COc1ccccc1. The number of para-hydroxylation sites is 1. The summed E-state index contributed by atoms with van der Waals surface area (Å²) in [5.74, 6) is 0.0343. The standard InChI is InChI=1S/C25H24Cl2N2O3/c1-18(25(31)28-15-19-7-11-21(26)12-8-19)29(16-20-9-13-22(27)14-10-20)24(30)17-32-23-5-3-2-4-6-23/h2-14,18H,15-17H2,1H3,(H,28,31)/t18-/m1/s1. The summed E-state index contributed by atoms with van der Waals surface area (Å²) in [6.07, 6.45) is 0. The molecule has 32 heavy (non-hydrogen) atoms. The van der Waals surface area contributed by atoms with Gasteiger partial charge in [-0.2, -0.15) is 0 Å². The third-order valence-electron chi connectivity index (χ3n) is 4.92. The number of carbonyl (C=O) groups excluding carboxylic acids is 2. The Morgan fingerprint density at radius 3 is 2.03 bits per heavy atom. The lowest BCUT2D eigenvalue weighted by atomic mass is 10.1. The zero-order valence-corrected chi connectivity index (χ0v) is 19.1. The van der Waals surface area contributed by atoms with Crippen LogP contribution in [-0.2, 0) is 22.7 Å². The molecule has 0 saturated carbocycles. The van der Waals surface area contributed by atoms with Crippen LogP contribution in [0, 0.1) is 0 Å². The van der Waals surface area contributed by atoms with E-state index in [0.29, 0.717) is 22.3 Å². The van der Waals surface area contributed by atoms with Gasteiger partial charge < -0.3 is 15.0 Å².